The lowest BCUT2D eigenvalue weighted by atomic mass is 9.84. The summed E-state index contributed by atoms with van der Waals surface area (Å²) < 4.78 is 2.14. The second kappa shape index (κ2) is 4.47. The second-order valence-corrected chi connectivity index (χ2v) is 5.11. The average molecular weight is 229 g/mol. The lowest BCUT2D eigenvalue weighted by Crippen LogP contribution is -2.18. The van der Waals surface area contributed by atoms with Gasteiger partial charge in [0.2, 0.25) is 0 Å². The van der Waals surface area contributed by atoms with Crippen LogP contribution in [0.15, 0.2) is 24.3 Å². The Labute approximate surface area is 102 Å². The summed E-state index contributed by atoms with van der Waals surface area (Å²) in [7, 11) is 0. The zero-order valence-corrected chi connectivity index (χ0v) is 10.3. The smallest absolute Gasteiger partial charge is 0.113 e. The Kier molecular flexibility index (Phi) is 2.83. The van der Waals surface area contributed by atoms with Crippen LogP contribution >= 0.6 is 0 Å². The highest BCUT2D eigenvalue weighted by Crippen LogP contribution is 2.34. The topological polar surface area (TPSA) is 30.7 Å². The van der Waals surface area contributed by atoms with Crippen LogP contribution in [0.4, 0.5) is 0 Å². The van der Waals surface area contributed by atoms with Gasteiger partial charge in [-0.25, -0.2) is 4.68 Å². The van der Waals surface area contributed by atoms with Gasteiger partial charge < -0.3 is 0 Å². The van der Waals surface area contributed by atoms with E-state index in [2.05, 4.69) is 34.1 Å². The van der Waals surface area contributed by atoms with Crippen molar-refractivity contribution in [1.82, 2.24) is 15.0 Å². The molecule has 0 atom stereocenters. The fourth-order valence-electron chi connectivity index (χ4n) is 2.95. The van der Waals surface area contributed by atoms with Gasteiger partial charge in [0.15, 0.2) is 0 Å². The van der Waals surface area contributed by atoms with E-state index >= 15 is 0 Å². The van der Waals surface area contributed by atoms with Gasteiger partial charge in [0.1, 0.15) is 5.52 Å². The zero-order valence-electron chi connectivity index (χ0n) is 10.3. The molecule has 3 rings (SSSR count). The third-order valence-electron chi connectivity index (χ3n) is 4.12. The molecule has 90 valence electrons. The summed E-state index contributed by atoms with van der Waals surface area (Å²) in [6.45, 7) is 2.30. The van der Waals surface area contributed by atoms with Crippen molar-refractivity contribution in [3.63, 3.8) is 0 Å². The quantitative estimate of drug-likeness (QED) is 0.788. The van der Waals surface area contributed by atoms with Crippen molar-refractivity contribution < 1.29 is 0 Å². The van der Waals surface area contributed by atoms with Crippen molar-refractivity contribution >= 4 is 11.0 Å². The van der Waals surface area contributed by atoms with Gasteiger partial charge >= 0.3 is 0 Å². The maximum Gasteiger partial charge on any atom is 0.113 e. The van der Waals surface area contributed by atoms with E-state index in [1.165, 1.54) is 37.6 Å². The fraction of sp³-hybridized carbons (Fsp3) is 0.571. The molecule has 17 heavy (non-hydrogen) atoms. The second-order valence-electron chi connectivity index (χ2n) is 5.11. The SMILES string of the molecule is CCC1CCC(n2nnc3ccccc32)CC1. The monoisotopic (exact) mass is 229 g/mol. The molecular weight excluding hydrogens is 210 g/mol. The van der Waals surface area contributed by atoms with Crippen LogP contribution in [0.1, 0.15) is 45.1 Å². The highest BCUT2D eigenvalue weighted by molar-refractivity contribution is 5.73. The van der Waals surface area contributed by atoms with Crippen LogP contribution in [0.3, 0.4) is 0 Å². The largest absolute Gasteiger partial charge is 0.242 e. The maximum atomic E-state index is 4.34. The number of aromatic nitrogens is 3. The lowest BCUT2D eigenvalue weighted by Gasteiger charge is -2.27. The van der Waals surface area contributed by atoms with Crippen molar-refractivity contribution in [3.05, 3.63) is 24.3 Å². The van der Waals surface area contributed by atoms with Crippen molar-refractivity contribution in [1.29, 1.82) is 0 Å². The number of hydrogen-bond acceptors (Lipinski definition) is 2. The molecular formula is C14H19N3. The summed E-state index contributed by atoms with van der Waals surface area (Å²) in [5, 5.41) is 8.58. The van der Waals surface area contributed by atoms with Gasteiger partial charge in [-0.05, 0) is 43.7 Å². The first-order chi connectivity index (χ1) is 8.38. The van der Waals surface area contributed by atoms with Gasteiger partial charge in [0, 0.05) is 0 Å². The van der Waals surface area contributed by atoms with Crippen LogP contribution < -0.4 is 0 Å². The number of fused-ring (bicyclic) bond motifs is 1. The molecule has 0 saturated heterocycles. The number of hydrogen-bond donors (Lipinski definition) is 0. The summed E-state index contributed by atoms with van der Waals surface area (Å²) in [4.78, 5) is 0. The Bertz CT molecular complexity index is 495. The molecule has 1 aliphatic rings. The summed E-state index contributed by atoms with van der Waals surface area (Å²) in [5.74, 6) is 0.932. The van der Waals surface area contributed by atoms with Crippen LogP contribution in [0, 0.1) is 5.92 Å². The van der Waals surface area contributed by atoms with Crippen LogP contribution in [0.2, 0.25) is 0 Å². The number of rotatable bonds is 2. The van der Waals surface area contributed by atoms with Crippen molar-refractivity contribution in [2.45, 2.75) is 45.1 Å². The molecule has 1 aromatic heterocycles. The van der Waals surface area contributed by atoms with Gasteiger partial charge in [0.05, 0.1) is 11.6 Å². The van der Waals surface area contributed by atoms with Gasteiger partial charge in [-0.1, -0.05) is 30.7 Å². The number of para-hydroxylation sites is 1. The minimum atomic E-state index is 0.560. The van der Waals surface area contributed by atoms with Crippen LogP contribution in [0.5, 0.6) is 0 Å². The predicted molar refractivity (Wildman–Crippen MR) is 68.8 cm³/mol. The summed E-state index contributed by atoms with van der Waals surface area (Å²) >= 11 is 0. The van der Waals surface area contributed by atoms with Gasteiger partial charge in [-0.2, -0.15) is 0 Å². The third-order valence-corrected chi connectivity index (χ3v) is 4.12. The Hall–Kier alpha value is -1.38. The highest BCUT2D eigenvalue weighted by atomic mass is 15.4. The Balaban J connectivity index is 1.85. The van der Waals surface area contributed by atoms with Gasteiger partial charge in [-0.3, -0.25) is 0 Å². The maximum absolute atomic E-state index is 4.34. The molecule has 1 heterocycles. The molecule has 3 nitrogen and oxygen atoms in total. The van der Waals surface area contributed by atoms with Crippen molar-refractivity contribution in [2.75, 3.05) is 0 Å². The molecule has 2 aromatic rings. The first-order valence-corrected chi connectivity index (χ1v) is 6.68. The van der Waals surface area contributed by atoms with Crippen LogP contribution in [-0.2, 0) is 0 Å². The summed E-state index contributed by atoms with van der Waals surface area (Å²) in [6, 6.07) is 8.82. The van der Waals surface area contributed by atoms with Crippen LogP contribution in [0.25, 0.3) is 11.0 Å². The molecule has 0 radical (unpaired) electrons. The molecule has 0 aliphatic heterocycles. The molecule has 1 saturated carbocycles. The van der Waals surface area contributed by atoms with E-state index in [4.69, 9.17) is 0 Å². The van der Waals surface area contributed by atoms with E-state index in [-0.39, 0.29) is 0 Å². The van der Waals surface area contributed by atoms with E-state index in [1.54, 1.807) is 0 Å². The van der Waals surface area contributed by atoms with E-state index in [0.29, 0.717) is 6.04 Å². The molecule has 1 fully saturated rings. The Morgan fingerprint density at radius 1 is 1.18 bits per heavy atom. The average Bonchev–Trinajstić information content (AvgIpc) is 2.83. The van der Waals surface area contributed by atoms with E-state index in [9.17, 15) is 0 Å². The minimum Gasteiger partial charge on any atom is -0.242 e. The first kappa shape index (κ1) is 10.8. The standard InChI is InChI=1S/C14H19N3/c1-2-11-7-9-12(10-8-11)17-14-6-4-3-5-13(14)15-16-17/h3-6,11-12H,2,7-10H2,1H3. The predicted octanol–water partition coefficient (Wildman–Crippen LogP) is 3.57. The van der Waals surface area contributed by atoms with E-state index in [1.807, 2.05) is 12.1 Å². The number of benzene rings is 1. The van der Waals surface area contributed by atoms with E-state index < -0.39 is 0 Å². The lowest BCUT2D eigenvalue weighted by molar-refractivity contribution is 0.258. The summed E-state index contributed by atoms with van der Waals surface area (Å²) in [6.07, 6.45) is 6.52. The third kappa shape index (κ3) is 1.94. The molecule has 1 aliphatic carbocycles. The van der Waals surface area contributed by atoms with E-state index in [0.717, 1.165) is 11.4 Å². The molecule has 0 spiro atoms. The molecule has 3 heteroatoms. The van der Waals surface area contributed by atoms with Gasteiger partial charge in [-0.15, -0.1) is 5.10 Å². The Morgan fingerprint density at radius 3 is 2.71 bits per heavy atom. The van der Waals surface area contributed by atoms with Gasteiger partial charge in [0.25, 0.3) is 0 Å². The molecule has 1 aromatic carbocycles. The number of nitrogens with zero attached hydrogens (tertiary/aromatic N) is 3. The molecule has 0 amide bonds. The minimum absolute atomic E-state index is 0.560. The van der Waals surface area contributed by atoms with Crippen LogP contribution in [-0.4, -0.2) is 15.0 Å². The fourth-order valence-corrected chi connectivity index (χ4v) is 2.95. The van der Waals surface area contributed by atoms with Crippen molar-refractivity contribution in [3.8, 4) is 0 Å². The molecule has 0 unspecified atom stereocenters. The van der Waals surface area contributed by atoms with Crippen molar-refractivity contribution in [2.24, 2.45) is 5.92 Å². The Morgan fingerprint density at radius 2 is 1.94 bits per heavy atom. The molecule has 0 bridgehead atoms. The summed E-state index contributed by atoms with van der Waals surface area (Å²) in [5.41, 5.74) is 2.21. The first-order valence-electron chi connectivity index (χ1n) is 6.68. The normalized spacial score (nSPS) is 25.2. The molecule has 0 N–H and O–H groups in total. The highest BCUT2D eigenvalue weighted by Gasteiger charge is 2.23. The zero-order chi connectivity index (χ0) is 11.7.